The van der Waals surface area contributed by atoms with Gasteiger partial charge in [0.25, 0.3) is 0 Å². The van der Waals surface area contributed by atoms with Crippen LogP contribution < -0.4 is 0 Å². The Morgan fingerprint density at radius 2 is 1.68 bits per heavy atom. The van der Waals surface area contributed by atoms with Crippen LogP contribution in [-0.4, -0.2) is 50.2 Å². The number of carboxylic acids is 1. The molecule has 1 atom stereocenters. The molecule has 126 valence electrons. The SMILES string of the molecule is C[S@](=O)C1(C(=O)O)CCN(C(=O)CC2CCCCCC2)CC1. The number of hydrogen-bond donors (Lipinski definition) is 1. The smallest absolute Gasteiger partial charge is 0.322 e. The molecule has 1 aliphatic carbocycles. The molecule has 1 N–H and O–H groups in total. The fraction of sp³-hybridized carbons (Fsp3) is 0.875. The van der Waals surface area contributed by atoms with E-state index in [4.69, 9.17) is 0 Å². The summed E-state index contributed by atoms with van der Waals surface area (Å²) in [5.41, 5.74) is 0. The zero-order valence-corrected chi connectivity index (χ0v) is 14.2. The van der Waals surface area contributed by atoms with E-state index in [-0.39, 0.29) is 5.91 Å². The highest BCUT2D eigenvalue weighted by Crippen LogP contribution is 2.30. The average molecular weight is 329 g/mol. The van der Waals surface area contributed by atoms with Gasteiger partial charge in [0.15, 0.2) is 0 Å². The van der Waals surface area contributed by atoms with Crippen molar-refractivity contribution in [2.75, 3.05) is 19.3 Å². The molecule has 6 heteroatoms. The molecule has 0 aromatic heterocycles. The minimum Gasteiger partial charge on any atom is -0.480 e. The highest BCUT2D eigenvalue weighted by Gasteiger charge is 2.46. The van der Waals surface area contributed by atoms with Gasteiger partial charge in [-0.1, -0.05) is 25.7 Å². The van der Waals surface area contributed by atoms with Gasteiger partial charge in [-0.05, 0) is 31.6 Å². The van der Waals surface area contributed by atoms with Crippen LogP contribution in [-0.2, 0) is 20.4 Å². The Balaban J connectivity index is 1.89. The Kier molecular flexibility index (Phi) is 6.01. The fourth-order valence-electron chi connectivity index (χ4n) is 3.69. The quantitative estimate of drug-likeness (QED) is 0.802. The lowest BCUT2D eigenvalue weighted by atomic mass is 9.93. The lowest BCUT2D eigenvalue weighted by Gasteiger charge is -2.37. The van der Waals surface area contributed by atoms with E-state index >= 15 is 0 Å². The van der Waals surface area contributed by atoms with Gasteiger partial charge in [0.2, 0.25) is 5.91 Å². The molecule has 0 spiro atoms. The van der Waals surface area contributed by atoms with Crippen LogP contribution in [0.15, 0.2) is 0 Å². The Labute approximate surface area is 134 Å². The van der Waals surface area contributed by atoms with Gasteiger partial charge >= 0.3 is 5.97 Å². The minimum atomic E-state index is -1.41. The Morgan fingerprint density at radius 1 is 1.14 bits per heavy atom. The van der Waals surface area contributed by atoms with Crippen LogP contribution >= 0.6 is 0 Å². The van der Waals surface area contributed by atoms with Gasteiger partial charge in [0.1, 0.15) is 4.75 Å². The van der Waals surface area contributed by atoms with Crippen LogP contribution in [0.25, 0.3) is 0 Å². The van der Waals surface area contributed by atoms with Crippen molar-refractivity contribution >= 4 is 22.7 Å². The molecular formula is C16H27NO4S. The van der Waals surface area contributed by atoms with Crippen molar-refractivity contribution in [3.63, 3.8) is 0 Å². The van der Waals surface area contributed by atoms with E-state index in [9.17, 15) is 18.9 Å². The standard InChI is InChI=1S/C16H27NO4S/c1-22(21)16(15(19)20)8-10-17(11-9-16)14(18)12-13-6-4-2-3-5-7-13/h13H,2-12H2,1H3,(H,19,20)/t22-/m0/s1. The van der Waals surface area contributed by atoms with Crippen molar-refractivity contribution in [2.45, 2.75) is 62.5 Å². The number of likely N-dealkylation sites (tertiary alicyclic amines) is 1. The molecule has 0 bridgehead atoms. The van der Waals surface area contributed by atoms with Gasteiger partial charge in [-0.15, -0.1) is 0 Å². The Morgan fingerprint density at radius 3 is 2.14 bits per heavy atom. The summed E-state index contributed by atoms with van der Waals surface area (Å²) in [6.07, 6.45) is 9.89. The molecule has 2 rings (SSSR count). The minimum absolute atomic E-state index is 0.146. The van der Waals surface area contributed by atoms with Gasteiger partial charge in [0.05, 0.1) is 0 Å². The van der Waals surface area contributed by atoms with E-state index in [2.05, 4.69) is 0 Å². The third kappa shape index (κ3) is 3.89. The Hall–Kier alpha value is -0.910. The fourth-order valence-corrected chi connectivity index (χ4v) is 4.69. The second-order valence-electron chi connectivity index (χ2n) is 6.70. The van der Waals surface area contributed by atoms with Crippen molar-refractivity contribution in [1.29, 1.82) is 0 Å². The van der Waals surface area contributed by atoms with Crippen LogP contribution in [0.3, 0.4) is 0 Å². The maximum Gasteiger partial charge on any atom is 0.322 e. The molecule has 1 heterocycles. The van der Waals surface area contributed by atoms with Gasteiger partial charge in [-0.2, -0.15) is 0 Å². The second-order valence-corrected chi connectivity index (χ2v) is 8.39. The summed E-state index contributed by atoms with van der Waals surface area (Å²) in [7, 11) is -1.41. The van der Waals surface area contributed by atoms with Crippen molar-refractivity contribution in [1.82, 2.24) is 4.90 Å². The normalized spacial score (nSPS) is 24.5. The van der Waals surface area contributed by atoms with Gasteiger partial charge < -0.3 is 10.0 Å². The third-order valence-corrected chi connectivity index (χ3v) is 6.99. The summed E-state index contributed by atoms with van der Waals surface area (Å²) in [5.74, 6) is -0.363. The number of carbonyl (C=O) groups excluding carboxylic acids is 1. The van der Waals surface area contributed by atoms with E-state index in [0.717, 1.165) is 12.8 Å². The zero-order chi connectivity index (χ0) is 16.2. The Bertz CT molecular complexity index is 419. The molecule has 1 amide bonds. The van der Waals surface area contributed by atoms with Crippen LogP contribution in [0, 0.1) is 5.92 Å². The topological polar surface area (TPSA) is 74.7 Å². The summed E-state index contributed by atoms with van der Waals surface area (Å²) < 4.78 is 10.7. The summed E-state index contributed by atoms with van der Waals surface area (Å²) in [4.78, 5) is 25.7. The molecule has 0 radical (unpaired) electrons. The van der Waals surface area contributed by atoms with Crippen LogP contribution in [0.1, 0.15) is 57.8 Å². The van der Waals surface area contributed by atoms with Crippen molar-refractivity contribution in [3.8, 4) is 0 Å². The van der Waals surface area contributed by atoms with Crippen LogP contribution in [0.2, 0.25) is 0 Å². The first-order valence-corrected chi connectivity index (χ1v) is 9.86. The van der Waals surface area contributed by atoms with E-state index in [1.165, 1.54) is 31.9 Å². The molecular weight excluding hydrogens is 302 g/mol. The zero-order valence-electron chi connectivity index (χ0n) is 13.4. The van der Waals surface area contributed by atoms with Crippen LogP contribution in [0.5, 0.6) is 0 Å². The lowest BCUT2D eigenvalue weighted by molar-refractivity contribution is -0.144. The molecule has 1 saturated heterocycles. The molecule has 0 aromatic carbocycles. The van der Waals surface area contributed by atoms with E-state index < -0.39 is 21.5 Å². The summed E-state index contributed by atoms with van der Waals surface area (Å²) in [6.45, 7) is 0.828. The molecule has 22 heavy (non-hydrogen) atoms. The predicted molar refractivity (Wildman–Crippen MR) is 86.1 cm³/mol. The highest BCUT2D eigenvalue weighted by atomic mass is 32.2. The summed E-state index contributed by atoms with van der Waals surface area (Å²) in [6, 6.07) is 0. The largest absolute Gasteiger partial charge is 0.480 e. The van der Waals surface area contributed by atoms with Crippen LogP contribution in [0.4, 0.5) is 0 Å². The number of rotatable bonds is 4. The first-order chi connectivity index (χ1) is 10.5. The van der Waals surface area contributed by atoms with E-state index in [1.807, 2.05) is 0 Å². The third-order valence-electron chi connectivity index (χ3n) is 5.30. The number of carboxylic acid groups (broad SMARTS) is 1. The summed E-state index contributed by atoms with van der Waals surface area (Å²) in [5, 5.41) is 9.38. The average Bonchev–Trinajstić information content (AvgIpc) is 2.75. The molecule has 5 nitrogen and oxygen atoms in total. The number of nitrogens with zero attached hydrogens (tertiary/aromatic N) is 1. The molecule has 0 aromatic rings. The summed E-state index contributed by atoms with van der Waals surface area (Å²) >= 11 is 0. The van der Waals surface area contributed by atoms with Gasteiger partial charge in [0, 0.05) is 36.6 Å². The maximum absolute atomic E-state index is 12.4. The first-order valence-electron chi connectivity index (χ1n) is 8.30. The maximum atomic E-state index is 12.4. The number of carbonyl (C=O) groups is 2. The predicted octanol–water partition coefficient (Wildman–Crippen LogP) is 2.17. The van der Waals surface area contributed by atoms with E-state index in [0.29, 0.717) is 38.3 Å². The number of amides is 1. The number of hydrogen-bond acceptors (Lipinski definition) is 3. The lowest BCUT2D eigenvalue weighted by Crippen LogP contribution is -2.53. The van der Waals surface area contributed by atoms with Crippen molar-refractivity contribution in [2.24, 2.45) is 5.92 Å². The molecule has 0 unspecified atom stereocenters. The second kappa shape index (κ2) is 7.57. The van der Waals surface area contributed by atoms with Crippen molar-refractivity contribution < 1.29 is 18.9 Å². The van der Waals surface area contributed by atoms with Gasteiger partial charge in [-0.25, -0.2) is 0 Å². The molecule has 1 saturated carbocycles. The molecule has 2 fully saturated rings. The monoisotopic (exact) mass is 329 g/mol. The number of aliphatic carboxylic acids is 1. The number of piperidine rings is 1. The van der Waals surface area contributed by atoms with Gasteiger partial charge in [-0.3, -0.25) is 13.8 Å². The van der Waals surface area contributed by atoms with E-state index in [1.54, 1.807) is 4.90 Å². The first kappa shape index (κ1) is 17.4. The molecule has 2 aliphatic rings. The van der Waals surface area contributed by atoms with Crippen molar-refractivity contribution in [3.05, 3.63) is 0 Å². The highest BCUT2D eigenvalue weighted by molar-refractivity contribution is 7.86. The molecule has 1 aliphatic heterocycles.